The zero-order valence-corrected chi connectivity index (χ0v) is 19.0. The van der Waals surface area contributed by atoms with Crippen molar-refractivity contribution in [3.05, 3.63) is 65.7 Å². The highest BCUT2D eigenvalue weighted by atomic mass is 16.7. The Morgan fingerprint density at radius 3 is 2.30 bits per heavy atom. The summed E-state index contributed by atoms with van der Waals surface area (Å²) in [5.41, 5.74) is 1.57. The minimum atomic E-state index is -0.610. The fourth-order valence-electron chi connectivity index (χ4n) is 3.74. The second-order valence-corrected chi connectivity index (χ2v) is 8.23. The molecule has 1 aliphatic carbocycles. The summed E-state index contributed by atoms with van der Waals surface area (Å²) in [4.78, 5) is 42.4. The van der Waals surface area contributed by atoms with Crippen molar-refractivity contribution in [2.75, 3.05) is 5.32 Å². The number of unbranched alkanes of at least 4 members (excludes halogenated alkanes) is 1. The van der Waals surface area contributed by atoms with E-state index in [9.17, 15) is 14.4 Å². The summed E-state index contributed by atoms with van der Waals surface area (Å²) in [6.07, 6.45) is 7.55. The average Bonchev–Trinajstić information content (AvgIpc) is 2.85. The number of carbonyl (C=O) groups is 3. The molecule has 1 aliphatic rings. The molecule has 2 aromatic carbocycles. The van der Waals surface area contributed by atoms with Crippen LogP contribution in [-0.4, -0.2) is 29.5 Å². The summed E-state index contributed by atoms with van der Waals surface area (Å²) < 4.78 is 0. The highest BCUT2D eigenvalue weighted by molar-refractivity contribution is 6.45. The van der Waals surface area contributed by atoms with E-state index in [1.165, 1.54) is 6.42 Å². The zero-order valence-electron chi connectivity index (χ0n) is 19.0. The van der Waals surface area contributed by atoms with Crippen LogP contribution in [0.4, 0.5) is 10.5 Å². The fraction of sp³-hybridized carbons (Fsp3) is 0.385. The number of hydrogen-bond acceptors (Lipinski definition) is 5. The van der Waals surface area contributed by atoms with Gasteiger partial charge in [-0.1, -0.05) is 56.0 Å². The van der Waals surface area contributed by atoms with Crippen molar-refractivity contribution in [2.45, 2.75) is 64.3 Å². The van der Waals surface area contributed by atoms with Crippen molar-refractivity contribution in [3.8, 4) is 0 Å². The number of benzene rings is 2. The Morgan fingerprint density at radius 2 is 1.64 bits per heavy atom. The molecule has 174 valence electrons. The first kappa shape index (κ1) is 24.2. The Balaban J connectivity index is 1.62. The Bertz CT molecular complexity index is 965. The van der Waals surface area contributed by atoms with Crippen LogP contribution in [0.15, 0.2) is 59.8 Å². The average molecular weight is 450 g/mol. The van der Waals surface area contributed by atoms with Crippen LogP contribution in [0.1, 0.15) is 79.0 Å². The van der Waals surface area contributed by atoms with Gasteiger partial charge in [-0.25, -0.2) is 9.59 Å². The molecule has 0 heterocycles. The van der Waals surface area contributed by atoms with Gasteiger partial charge in [-0.3, -0.25) is 4.79 Å². The van der Waals surface area contributed by atoms with E-state index in [0.717, 1.165) is 38.5 Å². The van der Waals surface area contributed by atoms with Crippen LogP contribution in [0.5, 0.6) is 0 Å². The number of anilines is 1. The van der Waals surface area contributed by atoms with Gasteiger partial charge in [-0.2, -0.15) is 0 Å². The summed E-state index contributed by atoms with van der Waals surface area (Å²) in [6.45, 7) is 2.01. The molecule has 0 aromatic heterocycles. The lowest BCUT2D eigenvalue weighted by Crippen LogP contribution is -2.39. The number of amides is 2. The van der Waals surface area contributed by atoms with E-state index in [4.69, 9.17) is 4.84 Å². The molecule has 7 nitrogen and oxygen atoms in total. The maximum absolute atomic E-state index is 13.0. The van der Waals surface area contributed by atoms with Gasteiger partial charge in [0.1, 0.15) is 5.71 Å². The maximum atomic E-state index is 13.0. The highest BCUT2D eigenvalue weighted by Gasteiger charge is 2.18. The van der Waals surface area contributed by atoms with Gasteiger partial charge in [0.25, 0.3) is 0 Å². The minimum absolute atomic E-state index is 0.192. The lowest BCUT2D eigenvalue weighted by molar-refractivity contribution is 0.0514. The van der Waals surface area contributed by atoms with E-state index < -0.39 is 5.97 Å². The van der Waals surface area contributed by atoms with Gasteiger partial charge in [0, 0.05) is 17.3 Å². The largest absolute Gasteiger partial charge is 0.365 e. The molecule has 7 heteroatoms. The molecular formula is C26H31N3O4. The summed E-state index contributed by atoms with van der Waals surface area (Å²) >= 11 is 0. The van der Waals surface area contributed by atoms with Gasteiger partial charge in [0.05, 0.1) is 5.56 Å². The minimum Gasteiger partial charge on any atom is -0.335 e. The van der Waals surface area contributed by atoms with Crippen molar-refractivity contribution >= 4 is 29.2 Å². The first-order valence-corrected chi connectivity index (χ1v) is 11.6. The van der Waals surface area contributed by atoms with Gasteiger partial charge in [0.2, 0.25) is 5.78 Å². The molecule has 1 saturated carbocycles. The second-order valence-electron chi connectivity index (χ2n) is 8.23. The Kier molecular flexibility index (Phi) is 9.18. The summed E-state index contributed by atoms with van der Waals surface area (Å²) in [5, 5.41) is 9.71. The van der Waals surface area contributed by atoms with Crippen molar-refractivity contribution in [1.29, 1.82) is 0 Å². The Morgan fingerprint density at radius 1 is 0.939 bits per heavy atom. The molecule has 33 heavy (non-hydrogen) atoms. The van der Waals surface area contributed by atoms with E-state index in [2.05, 4.69) is 15.8 Å². The third-order valence-electron chi connectivity index (χ3n) is 5.62. The van der Waals surface area contributed by atoms with Crippen LogP contribution in [0, 0.1) is 0 Å². The summed E-state index contributed by atoms with van der Waals surface area (Å²) in [5.74, 6) is -0.913. The van der Waals surface area contributed by atoms with Crippen LogP contribution < -0.4 is 10.6 Å². The number of ketones is 1. The number of carbonyl (C=O) groups excluding carboxylic acids is 3. The highest BCUT2D eigenvalue weighted by Crippen LogP contribution is 2.18. The fourth-order valence-corrected chi connectivity index (χ4v) is 3.74. The smallest absolute Gasteiger partial charge is 0.335 e. The molecule has 0 spiro atoms. The molecule has 2 N–H and O–H groups in total. The van der Waals surface area contributed by atoms with Crippen LogP contribution in [-0.2, 0) is 4.84 Å². The third-order valence-corrected chi connectivity index (χ3v) is 5.62. The van der Waals surface area contributed by atoms with E-state index in [1.807, 2.05) is 6.92 Å². The predicted molar refractivity (Wildman–Crippen MR) is 129 cm³/mol. The van der Waals surface area contributed by atoms with Gasteiger partial charge in [-0.05, 0) is 62.1 Å². The Hall–Kier alpha value is -3.48. The first-order chi connectivity index (χ1) is 16.1. The molecule has 0 saturated heterocycles. The topological polar surface area (TPSA) is 96.9 Å². The van der Waals surface area contributed by atoms with Crippen molar-refractivity contribution in [1.82, 2.24) is 5.32 Å². The number of hydrogen-bond donors (Lipinski definition) is 2. The molecule has 2 aromatic rings. The van der Waals surface area contributed by atoms with Crippen LogP contribution in [0.2, 0.25) is 0 Å². The lowest BCUT2D eigenvalue weighted by Gasteiger charge is -2.22. The summed E-state index contributed by atoms with van der Waals surface area (Å²) in [7, 11) is 0. The number of Topliss-reactive ketones (excluding diaryl/α,β-unsaturated/α-hetero) is 1. The van der Waals surface area contributed by atoms with Gasteiger partial charge in [0.15, 0.2) is 0 Å². The molecule has 0 aliphatic heterocycles. The summed E-state index contributed by atoms with van der Waals surface area (Å²) in [6, 6.07) is 15.1. The number of nitrogens with one attached hydrogen (secondary N) is 2. The quantitative estimate of drug-likeness (QED) is 0.221. The monoisotopic (exact) mass is 449 g/mol. The zero-order chi connectivity index (χ0) is 23.5. The van der Waals surface area contributed by atoms with E-state index in [0.29, 0.717) is 23.2 Å². The van der Waals surface area contributed by atoms with Crippen molar-refractivity contribution in [2.24, 2.45) is 5.16 Å². The molecular weight excluding hydrogens is 418 g/mol. The van der Waals surface area contributed by atoms with Crippen molar-refractivity contribution < 1.29 is 19.2 Å². The molecule has 3 rings (SSSR count). The molecule has 0 atom stereocenters. The van der Waals surface area contributed by atoms with E-state index >= 15 is 0 Å². The first-order valence-electron chi connectivity index (χ1n) is 11.6. The standard InChI is InChI=1S/C26H31N3O4/c1-2-3-14-23(29-33-25(31)20-10-6-4-7-11-20)24(30)19-15-17-22(18-16-19)28-26(32)27-21-12-8-5-9-13-21/h4,6-7,10-11,15-18,21H,2-3,5,8-9,12-14H2,1H3,(H2,27,28,32)/b29-23+. The molecule has 1 fully saturated rings. The number of urea groups is 1. The van der Waals surface area contributed by atoms with Crippen LogP contribution in [0.25, 0.3) is 0 Å². The number of nitrogens with zero attached hydrogens (tertiary/aromatic N) is 1. The lowest BCUT2D eigenvalue weighted by atomic mass is 9.96. The molecule has 0 bridgehead atoms. The van der Waals surface area contributed by atoms with Gasteiger partial charge >= 0.3 is 12.0 Å². The number of oxime groups is 1. The molecule has 0 unspecified atom stereocenters. The van der Waals surface area contributed by atoms with Crippen LogP contribution >= 0.6 is 0 Å². The van der Waals surface area contributed by atoms with E-state index in [-0.39, 0.29) is 23.6 Å². The maximum Gasteiger partial charge on any atom is 0.365 e. The normalized spacial score (nSPS) is 14.4. The second kappa shape index (κ2) is 12.5. The van der Waals surface area contributed by atoms with Crippen LogP contribution in [0.3, 0.4) is 0 Å². The van der Waals surface area contributed by atoms with Crippen molar-refractivity contribution in [3.63, 3.8) is 0 Å². The SMILES string of the molecule is CCCC/C(=N\OC(=O)c1ccccc1)C(=O)c1ccc(NC(=O)NC2CCCCC2)cc1. The third kappa shape index (κ3) is 7.56. The molecule has 2 amide bonds. The van der Waals surface area contributed by atoms with Gasteiger partial charge < -0.3 is 15.5 Å². The Labute approximate surface area is 194 Å². The van der Waals surface area contributed by atoms with E-state index in [1.54, 1.807) is 54.6 Å². The van der Waals surface area contributed by atoms with Gasteiger partial charge in [-0.15, -0.1) is 0 Å². The number of rotatable bonds is 9. The molecule has 0 radical (unpaired) electrons. The predicted octanol–water partition coefficient (Wildman–Crippen LogP) is 5.73.